The van der Waals surface area contributed by atoms with Gasteiger partial charge < -0.3 is 15.3 Å². The first-order valence-electron chi connectivity index (χ1n) is 5.78. The number of furan rings is 1. The molecule has 6 heteroatoms. The Bertz CT molecular complexity index is 649. The van der Waals surface area contributed by atoms with Crippen LogP contribution in [-0.2, 0) is 6.42 Å². The van der Waals surface area contributed by atoms with Crippen molar-refractivity contribution >= 4 is 23.1 Å². The van der Waals surface area contributed by atoms with Gasteiger partial charge in [0, 0.05) is 5.39 Å². The second-order valence-electron chi connectivity index (χ2n) is 4.04. The summed E-state index contributed by atoms with van der Waals surface area (Å²) in [5.41, 5.74) is 6.87. The number of aliphatic hydroxyl groups excluding tert-OH is 1. The van der Waals surface area contributed by atoms with Gasteiger partial charge in [0.15, 0.2) is 11.4 Å². The predicted octanol–water partition coefficient (Wildman–Crippen LogP) is 2.13. The minimum Gasteiger partial charge on any atom is -0.461 e. The fourth-order valence-corrected chi connectivity index (χ4v) is 2.00. The molecule has 1 atom stereocenters. The van der Waals surface area contributed by atoms with Gasteiger partial charge in [-0.15, -0.1) is 0 Å². The maximum atomic E-state index is 13.7. The summed E-state index contributed by atoms with van der Waals surface area (Å²) in [4.78, 5) is 3.53. The minimum atomic E-state index is -1.20. The van der Waals surface area contributed by atoms with E-state index in [2.05, 4.69) is 4.99 Å². The lowest BCUT2D eigenvalue weighted by Crippen LogP contribution is -2.22. The van der Waals surface area contributed by atoms with Crippen molar-refractivity contribution in [1.82, 2.24) is 0 Å². The number of hydrogen-bond acceptors (Lipinski definition) is 3. The van der Waals surface area contributed by atoms with Gasteiger partial charge in [0.2, 0.25) is 0 Å². The van der Waals surface area contributed by atoms with E-state index in [-0.39, 0.29) is 11.4 Å². The first-order valence-corrected chi connectivity index (χ1v) is 5.78. The van der Waals surface area contributed by atoms with E-state index >= 15 is 0 Å². The molecule has 0 amide bonds. The van der Waals surface area contributed by atoms with Crippen molar-refractivity contribution < 1.29 is 13.9 Å². The number of hydrogen-bond donors (Lipinski definition) is 3. The standard InChI is InChI=1S/C13H14FN3O2/c1-2-7-5-19-12-9(14)4-3-8(10(7)12)11(18)13(16)17-6-15/h3-6,11,18H,2H2,1H3,(H3,15,16,17). The lowest BCUT2D eigenvalue weighted by molar-refractivity contribution is 0.247. The van der Waals surface area contributed by atoms with Crippen LogP contribution in [0.25, 0.3) is 11.0 Å². The Morgan fingerprint density at radius 2 is 2.37 bits per heavy atom. The molecule has 0 radical (unpaired) electrons. The SMILES string of the molecule is CCc1coc2c(F)ccc(C(O)C(N)=NC=N)c12. The quantitative estimate of drug-likeness (QED) is 0.582. The highest BCUT2D eigenvalue weighted by Gasteiger charge is 2.20. The number of aliphatic hydroxyl groups is 1. The van der Waals surface area contributed by atoms with E-state index < -0.39 is 11.9 Å². The summed E-state index contributed by atoms with van der Waals surface area (Å²) in [7, 11) is 0. The van der Waals surface area contributed by atoms with Crippen LogP contribution in [0.1, 0.15) is 24.2 Å². The molecular formula is C13H14FN3O2. The topological polar surface area (TPSA) is 95.6 Å². The van der Waals surface area contributed by atoms with E-state index in [1.165, 1.54) is 18.4 Å². The zero-order valence-electron chi connectivity index (χ0n) is 10.4. The van der Waals surface area contributed by atoms with Gasteiger partial charge in [-0.25, -0.2) is 9.38 Å². The number of rotatable bonds is 4. The maximum Gasteiger partial charge on any atom is 0.170 e. The second-order valence-corrected chi connectivity index (χ2v) is 4.04. The van der Waals surface area contributed by atoms with Gasteiger partial charge in [0.25, 0.3) is 0 Å². The average Bonchev–Trinajstić information content (AvgIpc) is 2.83. The Morgan fingerprint density at radius 1 is 1.63 bits per heavy atom. The summed E-state index contributed by atoms with van der Waals surface area (Å²) in [6.07, 6.45) is 1.65. The Hall–Kier alpha value is -2.21. The molecule has 0 fully saturated rings. The number of nitrogens with zero attached hydrogens (tertiary/aromatic N) is 1. The molecule has 2 rings (SSSR count). The summed E-state index contributed by atoms with van der Waals surface area (Å²) in [6, 6.07) is 2.66. The third kappa shape index (κ3) is 2.22. The number of aliphatic imine (C=N–C) groups is 1. The van der Waals surface area contributed by atoms with Crippen molar-refractivity contribution in [1.29, 1.82) is 5.41 Å². The van der Waals surface area contributed by atoms with Crippen LogP contribution in [-0.4, -0.2) is 17.3 Å². The van der Waals surface area contributed by atoms with Crippen LogP contribution in [0.15, 0.2) is 27.8 Å². The van der Waals surface area contributed by atoms with Crippen molar-refractivity contribution in [3.8, 4) is 0 Å². The molecule has 1 unspecified atom stereocenters. The van der Waals surface area contributed by atoms with Gasteiger partial charge in [-0.3, -0.25) is 5.41 Å². The lowest BCUT2D eigenvalue weighted by Gasteiger charge is -2.12. The molecule has 4 N–H and O–H groups in total. The van der Waals surface area contributed by atoms with Crippen LogP contribution in [0.4, 0.5) is 4.39 Å². The number of nitrogens with two attached hydrogens (primary N) is 1. The van der Waals surface area contributed by atoms with Crippen LogP contribution in [0.5, 0.6) is 0 Å². The summed E-state index contributed by atoms with van der Waals surface area (Å²) in [5, 5.41) is 17.5. The largest absolute Gasteiger partial charge is 0.461 e. The third-order valence-electron chi connectivity index (χ3n) is 2.95. The van der Waals surface area contributed by atoms with Crippen LogP contribution >= 0.6 is 0 Å². The summed E-state index contributed by atoms with van der Waals surface area (Å²) in [6.45, 7) is 1.90. The van der Waals surface area contributed by atoms with Gasteiger partial charge >= 0.3 is 0 Å². The van der Waals surface area contributed by atoms with Crippen LogP contribution in [0, 0.1) is 11.2 Å². The van der Waals surface area contributed by atoms with E-state index in [4.69, 9.17) is 15.6 Å². The van der Waals surface area contributed by atoms with Gasteiger partial charge in [-0.05, 0) is 23.6 Å². The van der Waals surface area contributed by atoms with Gasteiger partial charge in [-0.1, -0.05) is 13.0 Å². The Balaban J connectivity index is 2.66. The molecule has 1 aromatic heterocycles. The van der Waals surface area contributed by atoms with E-state index in [9.17, 15) is 9.50 Å². The summed E-state index contributed by atoms with van der Waals surface area (Å²) >= 11 is 0. The Labute approximate surface area is 109 Å². The third-order valence-corrected chi connectivity index (χ3v) is 2.95. The molecule has 19 heavy (non-hydrogen) atoms. The summed E-state index contributed by atoms with van der Waals surface area (Å²) < 4.78 is 18.8. The van der Waals surface area contributed by atoms with Crippen molar-refractivity contribution in [2.75, 3.05) is 0 Å². The first kappa shape index (κ1) is 13.2. The number of amidine groups is 1. The number of halogens is 1. The average molecular weight is 263 g/mol. The lowest BCUT2D eigenvalue weighted by atomic mass is 10.00. The summed E-state index contributed by atoms with van der Waals surface area (Å²) in [5.74, 6) is -0.612. The smallest absolute Gasteiger partial charge is 0.170 e. The molecule has 1 heterocycles. The highest BCUT2D eigenvalue weighted by atomic mass is 19.1. The van der Waals surface area contributed by atoms with E-state index in [1.54, 1.807) is 0 Å². The molecule has 0 aliphatic rings. The van der Waals surface area contributed by atoms with Gasteiger partial charge in [0.1, 0.15) is 18.3 Å². The van der Waals surface area contributed by atoms with Crippen LogP contribution < -0.4 is 5.73 Å². The van der Waals surface area contributed by atoms with Crippen molar-refractivity contribution in [2.24, 2.45) is 10.7 Å². The normalized spacial score (nSPS) is 13.7. The van der Waals surface area contributed by atoms with Crippen molar-refractivity contribution in [3.05, 3.63) is 35.3 Å². The van der Waals surface area contributed by atoms with Gasteiger partial charge in [0.05, 0.1) is 6.26 Å². The maximum absolute atomic E-state index is 13.7. The van der Waals surface area contributed by atoms with Crippen LogP contribution in [0.2, 0.25) is 0 Å². The fourth-order valence-electron chi connectivity index (χ4n) is 2.00. The predicted molar refractivity (Wildman–Crippen MR) is 70.9 cm³/mol. The molecule has 0 saturated heterocycles. The Morgan fingerprint density at radius 3 is 3.00 bits per heavy atom. The Kier molecular flexibility index (Phi) is 3.62. The van der Waals surface area contributed by atoms with E-state index in [0.29, 0.717) is 17.4 Å². The molecule has 0 spiro atoms. The van der Waals surface area contributed by atoms with Crippen molar-refractivity contribution in [3.63, 3.8) is 0 Å². The molecular weight excluding hydrogens is 249 g/mol. The van der Waals surface area contributed by atoms with E-state index in [1.807, 2.05) is 6.92 Å². The molecule has 0 saturated carbocycles. The molecule has 1 aromatic carbocycles. The minimum absolute atomic E-state index is 0.0936. The van der Waals surface area contributed by atoms with Gasteiger partial charge in [-0.2, -0.15) is 0 Å². The second kappa shape index (κ2) is 5.19. The number of aryl methyl sites for hydroxylation is 1. The number of nitrogens with one attached hydrogen (secondary N) is 1. The monoisotopic (exact) mass is 263 g/mol. The van der Waals surface area contributed by atoms with Crippen LogP contribution in [0.3, 0.4) is 0 Å². The first-order chi connectivity index (χ1) is 9.10. The molecule has 0 aliphatic heterocycles. The fraction of sp³-hybridized carbons (Fsp3) is 0.231. The zero-order chi connectivity index (χ0) is 14.0. The van der Waals surface area contributed by atoms with Crippen molar-refractivity contribution in [2.45, 2.75) is 19.4 Å². The molecule has 100 valence electrons. The molecule has 0 bridgehead atoms. The molecule has 2 aromatic rings. The highest BCUT2D eigenvalue weighted by Crippen LogP contribution is 2.31. The molecule has 5 nitrogen and oxygen atoms in total. The number of benzene rings is 1. The number of fused-ring (bicyclic) bond motifs is 1. The zero-order valence-corrected chi connectivity index (χ0v) is 10.4. The highest BCUT2D eigenvalue weighted by molar-refractivity contribution is 5.96. The van der Waals surface area contributed by atoms with E-state index in [0.717, 1.165) is 11.9 Å². The molecule has 0 aliphatic carbocycles.